The van der Waals surface area contributed by atoms with Gasteiger partial charge >= 0.3 is 0 Å². The van der Waals surface area contributed by atoms with Crippen LogP contribution in [0.3, 0.4) is 0 Å². The number of anilines is 1. The first-order valence-corrected chi connectivity index (χ1v) is 9.25. The fraction of sp³-hybridized carbons (Fsp3) is 0.250. The van der Waals surface area contributed by atoms with Crippen LogP contribution in [0.5, 0.6) is 0 Å². The zero-order valence-corrected chi connectivity index (χ0v) is 16.2. The van der Waals surface area contributed by atoms with E-state index in [1.54, 1.807) is 4.57 Å². The average Bonchev–Trinajstić information content (AvgIpc) is 3.05. The van der Waals surface area contributed by atoms with Crippen molar-refractivity contribution in [1.29, 1.82) is 0 Å². The number of rotatable bonds is 4. The summed E-state index contributed by atoms with van der Waals surface area (Å²) in [6.07, 6.45) is 0. The number of nitrogens with zero attached hydrogens (tertiary/aromatic N) is 4. The van der Waals surface area contributed by atoms with E-state index in [1.165, 1.54) is 0 Å². The number of hydrogen-bond acceptors (Lipinski definition) is 4. The smallest absolute Gasteiger partial charge is 0.262 e. The Kier molecular flexibility index (Phi) is 4.36. The number of aromatic nitrogens is 4. The van der Waals surface area contributed by atoms with Gasteiger partial charge in [0.2, 0.25) is 5.78 Å². The molecule has 0 radical (unpaired) electrons. The highest BCUT2D eigenvalue weighted by atomic mass is 35.5. The molecule has 0 aliphatic heterocycles. The second kappa shape index (κ2) is 6.70. The van der Waals surface area contributed by atoms with Crippen LogP contribution in [0.15, 0.2) is 41.2 Å². The molecular weight excluding hydrogens is 362 g/mol. The maximum atomic E-state index is 12.7. The van der Waals surface area contributed by atoms with Gasteiger partial charge in [-0.1, -0.05) is 29.8 Å². The molecule has 0 saturated heterocycles. The standard InChI is InChI=1S/C20H20ClN5O/c1-4-25-19(27)14-7-5-6-8-16(14)26-17(23-24-20(25)26)11-22-18-13(3)9-12(2)10-15(18)21/h5-10,22H,4,11H2,1-3H3. The molecule has 2 aromatic carbocycles. The van der Waals surface area contributed by atoms with Crippen molar-refractivity contribution in [2.24, 2.45) is 0 Å². The van der Waals surface area contributed by atoms with E-state index in [2.05, 4.69) is 21.6 Å². The SMILES string of the molecule is CCn1c(=O)c2ccccc2n2c(CNc3c(C)cc(C)cc3Cl)nnc12. The molecule has 2 aromatic heterocycles. The van der Waals surface area contributed by atoms with Gasteiger partial charge in [0.15, 0.2) is 5.82 Å². The van der Waals surface area contributed by atoms with E-state index in [0.29, 0.717) is 29.3 Å². The zero-order chi connectivity index (χ0) is 19.1. The van der Waals surface area contributed by atoms with Crippen molar-refractivity contribution in [3.8, 4) is 0 Å². The lowest BCUT2D eigenvalue weighted by molar-refractivity contribution is 0.734. The van der Waals surface area contributed by atoms with Gasteiger partial charge in [0.05, 0.1) is 28.2 Å². The monoisotopic (exact) mass is 381 g/mol. The summed E-state index contributed by atoms with van der Waals surface area (Å²) < 4.78 is 3.58. The number of benzene rings is 2. The van der Waals surface area contributed by atoms with Gasteiger partial charge in [-0.2, -0.15) is 0 Å². The lowest BCUT2D eigenvalue weighted by Gasteiger charge is -2.13. The molecule has 0 fully saturated rings. The second-order valence-electron chi connectivity index (χ2n) is 6.61. The maximum Gasteiger partial charge on any atom is 0.262 e. The van der Waals surface area contributed by atoms with Crippen molar-refractivity contribution >= 4 is 34.0 Å². The van der Waals surface area contributed by atoms with Gasteiger partial charge in [0.1, 0.15) is 0 Å². The van der Waals surface area contributed by atoms with Gasteiger partial charge in [0.25, 0.3) is 5.56 Å². The molecule has 6 nitrogen and oxygen atoms in total. The summed E-state index contributed by atoms with van der Waals surface area (Å²) in [6, 6.07) is 11.5. The van der Waals surface area contributed by atoms with Gasteiger partial charge in [-0.3, -0.25) is 13.8 Å². The minimum atomic E-state index is -0.0510. The number of aryl methyl sites for hydroxylation is 3. The molecule has 7 heteroatoms. The first-order valence-electron chi connectivity index (χ1n) is 8.87. The Balaban J connectivity index is 1.85. The van der Waals surface area contributed by atoms with Gasteiger partial charge in [-0.15, -0.1) is 10.2 Å². The molecule has 4 rings (SSSR count). The van der Waals surface area contributed by atoms with Crippen LogP contribution in [0.2, 0.25) is 5.02 Å². The number of halogens is 1. The van der Waals surface area contributed by atoms with Crippen LogP contribution < -0.4 is 10.9 Å². The van der Waals surface area contributed by atoms with Crippen molar-refractivity contribution in [3.63, 3.8) is 0 Å². The third-order valence-corrected chi connectivity index (χ3v) is 5.04. The van der Waals surface area contributed by atoms with Crippen LogP contribution in [0, 0.1) is 13.8 Å². The van der Waals surface area contributed by atoms with E-state index in [4.69, 9.17) is 11.6 Å². The van der Waals surface area contributed by atoms with Crippen LogP contribution in [-0.4, -0.2) is 19.2 Å². The summed E-state index contributed by atoms with van der Waals surface area (Å²) in [5, 5.41) is 13.3. The highest BCUT2D eigenvalue weighted by molar-refractivity contribution is 6.33. The van der Waals surface area contributed by atoms with Crippen LogP contribution in [0.1, 0.15) is 23.9 Å². The summed E-state index contributed by atoms with van der Waals surface area (Å²) in [5.74, 6) is 1.27. The molecule has 1 N–H and O–H groups in total. The molecule has 27 heavy (non-hydrogen) atoms. The number of nitrogens with one attached hydrogen (secondary N) is 1. The van der Waals surface area contributed by atoms with Gasteiger partial charge < -0.3 is 5.32 Å². The lowest BCUT2D eigenvalue weighted by Crippen LogP contribution is -2.23. The molecule has 0 unspecified atom stereocenters. The predicted octanol–water partition coefficient (Wildman–Crippen LogP) is 3.95. The normalized spacial score (nSPS) is 11.4. The summed E-state index contributed by atoms with van der Waals surface area (Å²) in [5.41, 5.74) is 3.82. The molecule has 0 spiro atoms. The van der Waals surface area contributed by atoms with E-state index >= 15 is 0 Å². The van der Waals surface area contributed by atoms with E-state index < -0.39 is 0 Å². The Morgan fingerprint density at radius 3 is 2.67 bits per heavy atom. The van der Waals surface area contributed by atoms with Crippen molar-refractivity contribution < 1.29 is 0 Å². The summed E-state index contributed by atoms with van der Waals surface area (Å²) in [7, 11) is 0. The Bertz CT molecular complexity index is 1200. The fourth-order valence-corrected chi connectivity index (χ4v) is 3.91. The largest absolute Gasteiger partial charge is 0.376 e. The number of fused-ring (bicyclic) bond motifs is 3. The number of para-hydroxylation sites is 1. The molecule has 0 bridgehead atoms. The minimum Gasteiger partial charge on any atom is -0.376 e. The molecular formula is C20H20ClN5O. The third kappa shape index (κ3) is 2.86. The summed E-state index contributed by atoms with van der Waals surface area (Å²) in [6.45, 7) is 6.94. The van der Waals surface area contributed by atoms with Crippen molar-refractivity contribution in [2.45, 2.75) is 33.9 Å². The van der Waals surface area contributed by atoms with Crippen molar-refractivity contribution in [1.82, 2.24) is 19.2 Å². The van der Waals surface area contributed by atoms with Crippen LogP contribution >= 0.6 is 11.6 Å². The quantitative estimate of drug-likeness (QED) is 0.581. The van der Waals surface area contributed by atoms with Crippen molar-refractivity contribution in [2.75, 3.05) is 5.32 Å². The highest BCUT2D eigenvalue weighted by Gasteiger charge is 2.16. The van der Waals surface area contributed by atoms with Gasteiger partial charge in [0, 0.05) is 6.54 Å². The maximum absolute atomic E-state index is 12.7. The number of hydrogen-bond donors (Lipinski definition) is 1. The van der Waals surface area contributed by atoms with E-state index in [9.17, 15) is 4.79 Å². The average molecular weight is 382 g/mol. The molecule has 0 amide bonds. The van der Waals surface area contributed by atoms with Crippen molar-refractivity contribution in [3.05, 3.63) is 68.7 Å². The van der Waals surface area contributed by atoms with Gasteiger partial charge in [-0.05, 0) is 50.1 Å². The predicted molar refractivity (Wildman–Crippen MR) is 109 cm³/mol. The molecule has 0 saturated carbocycles. The molecule has 2 heterocycles. The van der Waals surface area contributed by atoms with Gasteiger partial charge in [-0.25, -0.2) is 0 Å². The van der Waals surface area contributed by atoms with E-state index in [-0.39, 0.29) is 5.56 Å². The minimum absolute atomic E-state index is 0.0510. The highest BCUT2D eigenvalue weighted by Crippen LogP contribution is 2.28. The Labute approximate surface area is 161 Å². The summed E-state index contributed by atoms with van der Waals surface area (Å²) in [4.78, 5) is 12.7. The molecule has 4 aromatic rings. The first kappa shape index (κ1) is 17.5. The van der Waals surface area contributed by atoms with Crippen LogP contribution in [0.4, 0.5) is 5.69 Å². The fourth-order valence-electron chi connectivity index (χ4n) is 3.52. The first-order chi connectivity index (χ1) is 13.0. The summed E-state index contributed by atoms with van der Waals surface area (Å²) >= 11 is 6.41. The molecule has 138 valence electrons. The van der Waals surface area contributed by atoms with Crippen LogP contribution in [-0.2, 0) is 13.1 Å². The van der Waals surface area contributed by atoms with Crippen LogP contribution in [0.25, 0.3) is 16.7 Å². The van der Waals surface area contributed by atoms with E-state index in [1.807, 2.05) is 55.5 Å². The third-order valence-electron chi connectivity index (χ3n) is 4.75. The lowest BCUT2D eigenvalue weighted by atomic mass is 10.1. The second-order valence-corrected chi connectivity index (χ2v) is 7.02. The molecule has 0 atom stereocenters. The zero-order valence-electron chi connectivity index (χ0n) is 15.5. The Hall–Kier alpha value is -2.86. The molecule has 0 aliphatic rings. The Morgan fingerprint density at radius 1 is 1.15 bits per heavy atom. The van der Waals surface area contributed by atoms with E-state index in [0.717, 1.165) is 28.2 Å². The Morgan fingerprint density at radius 2 is 1.93 bits per heavy atom. The molecule has 0 aliphatic carbocycles. The topological polar surface area (TPSA) is 64.2 Å².